The molecule has 30 heavy (non-hydrogen) atoms. The molecule has 0 aliphatic heterocycles. The maximum absolute atomic E-state index is 13.1. The number of carbonyl (C=O) groups is 2. The van der Waals surface area contributed by atoms with Crippen LogP contribution >= 0.6 is 0 Å². The summed E-state index contributed by atoms with van der Waals surface area (Å²) in [5.41, 5.74) is 1.57. The Morgan fingerprint density at radius 2 is 0.733 bits per heavy atom. The van der Waals surface area contributed by atoms with E-state index in [2.05, 4.69) is 0 Å². The van der Waals surface area contributed by atoms with Crippen LogP contribution in [-0.2, 0) is 9.59 Å². The molecular weight excluding hydrogens is 372 g/mol. The number of allylic oxidation sites excluding steroid dienone is 4. The maximum Gasteiger partial charge on any atom is 0.250 e. The SMILES string of the molecule is CC(C)\C(=C/C=C/C=C(/C(=O)N(C(C)C)C(C)C)C(C)C)C(=O)N(C(C)C)C(C)C. The molecule has 0 aromatic rings. The van der Waals surface area contributed by atoms with Crippen molar-refractivity contribution in [3.63, 3.8) is 0 Å². The van der Waals surface area contributed by atoms with E-state index in [9.17, 15) is 9.59 Å². The van der Waals surface area contributed by atoms with Crippen molar-refractivity contribution in [2.75, 3.05) is 0 Å². The summed E-state index contributed by atoms with van der Waals surface area (Å²) in [5, 5.41) is 0. The molecule has 0 aromatic carbocycles. The second kappa shape index (κ2) is 12.8. The Labute approximate surface area is 186 Å². The molecule has 0 rings (SSSR count). The van der Waals surface area contributed by atoms with Crippen molar-refractivity contribution >= 4 is 11.8 Å². The number of hydrogen-bond donors (Lipinski definition) is 0. The van der Waals surface area contributed by atoms with Crippen LogP contribution in [0.5, 0.6) is 0 Å². The second-order valence-electron chi connectivity index (χ2n) is 9.74. The number of amides is 2. The molecule has 0 spiro atoms. The Bertz CT molecular complexity index is 578. The fourth-order valence-electron chi connectivity index (χ4n) is 3.77. The van der Waals surface area contributed by atoms with Gasteiger partial charge in [-0.15, -0.1) is 0 Å². The zero-order valence-electron chi connectivity index (χ0n) is 21.5. The van der Waals surface area contributed by atoms with Crippen LogP contribution in [0.3, 0.4) is 0 Å². The van der Waals surface area contributed by atoms with Gasteiger partial charge in [0.15, 0.2) is 0 Å². The molecule has 0 aliphatic rings. The molecule has 0 N–H and O–H groups in total. The van der Waals surface area contributed by atoms with Crippen LogP contribution in [0.15, 0.2) is 35.5 Å². The van der Waals surface area contributed by atoms with Gasteiger partial charge in [0.1, 0.15) is 0 Å². The van der Waals surface area contributed by atoms with Gasteiger partial charge < -0.3 is 9.80 Å². The summed E-state index contributed by atoms with van der Waals surface area (Å²) in [4.78, 5) is 30.0. The highest BCUT2D eigenvalue weighted by Gasteiger charge is 2.25. The summed E-state index contributed by atoms with van der Waals surface area (Å²) in [6.45, 7) is 24.5. The van der Waals surface area contributed by atoms with E-state index in [1.54, 1.807) is 0 Å². The molecular formula is C26H46N2O2. The van der Waals surface area contributed by atoms with Gasteiger partial charge in [-0.3, -0.25) is 9.59 Å². The third kappa shape index (κ3) is 8.12. The second-order valence-corrected chi connectivity index (χ2v) is 9.74. The molecule has 0 saturated heterocycles. The smallest absolute Gasteiger partial charge is 0.250 e. The van der Waals surface area contributed by atoms with Crippen molar-refractivity contribution in [2.24, 2.45) is 11.8 Å². The summed E-state index contributed by atoms with van der Waals surface area (Å²) in [5.74, 6) is 0.397. The van der Waals surface area contributed by atoms with Gasteiger partial charge in [-0.05, 0) is 67.2 Å². The molecule has 2 amide bonds. The van der Waals surface area contributed by atoms with E-state index in [0.717, 1.165) is 11.1 Å². The van der Waals surface area contributed by atoms with Crippen molar-refractivity contribution in [3.05, 3.63) is 35.5 Å². The van der Waals surface area contributed by atoms with Crippen LogP contribution in [0, 0.1) is 11.8 Å². The lowest BCUT2D eigenvalue weighted by atomic mass is 9.98. The van der Waals surface area contributed by atoms with E-state index >= 15 is 0 Å². The fraction of sp³-hybridized carbons (Fsp3) is 0.692. The Kier molecular flexibility index (Phi) is 12.0. The normalized spacial score (nSPS) is 13.7. The van der Waals surface area contributed by atoms with Gasteiger partial charge in [-0.1, -0.05) is 52.0 Å². The van der Waals surface area contributed by atoms with E-state index in [4.69, 9.17) is 0 Å². The molecule has 0 aromatic heterocycles. The van der Waals surface area contributed by atoms with Crippen LogP contribution in [0.2, 0.25) is 0 Å². The Balaban J connectivity index is 5.87. The molecule has 0 radical (unpaired) electrons. The molecule has 4 nitrogen and oxygen atoms in total. The summed E-state index contributed by atoms with van der Waals surface area (Å²) >= 11 is 0. The third-order valence-corrected chi connectivity index (χ3v) is 5.09. The Morgan fingerprint density at radius 3 is 0.900 bits per heavy atom. The fourth-order valence-corrected chi connectivity index (χ4v) is 3.77. The van der Waals surface area contributed by atoms with Crippen LogP contribution in [0.25, 0.3) is 0 Å². The van der Waals surface area contributed by atoms with E-state index in [0.29, 0.717) is 0 Å². The van der Waals surface area contributed by atoms with Crippen molar-refractivity contribution in [3.8, 4) is 0 Å². The Hall–Kier alpha value is -1.84. The van der Waals surface area contributed by atoms with Crippen LogP contribution in [-0.4, -0.2) is 45.8 Å². The molecule has 0 bridgehead atoms. The molecule has 0 atom stereocenters. The first-order valence-electron chi connectivity index (χ1n) is 11.5. The first-order valence-corrected chi connectivity index (χ1v) is 11.5. The van der Waals surface area contributed by atoms with E-state index in [1.807, 2.05) is 117 Å². The van der Waals surface area contributed by atoms with Crippen LogP contribution < -0.4 is 0 Å². The number of hydrogen-bond acceptors (Lipinski definition) is 2. The van der Waals surface area contributed by atoms with Gasteiger partial charge in [0.05, 0.1) is 0 Å². The maximum atomic E-state index is 13.1. The Morgan fingerprint density at radius 1 is 0.500 bits per heavy atom. The lowest BCUT2D eigenvalue weighted by Gasteiger charge is -2.32. The average molecular weight is 419 g/mol. The minimum absolute atomic E-state index is 0.0783. The largest absolute Gasteiger partial charge is 0.334 e. The predicted molar refractivity (Wildman–Crippen MR) is 129 cm³/mol. The topological polar surface area (TPSA) is 40.6 Å². The summed E-state index contributed by atoms with van der Waals surface area (Å²) in [6, 6.07) is 0.581. The number of nitrogens with zero attached hydrogens (tertiary/aromatic N) is 2. The van der Waals surface area contributed by atoms with Gasteiger partial charge in [0.25, 0.3) is 0 Å². The minimum Gasteiger partial charge on any atom is -0.334 e. The zero-order valence-corrected chi connectivity index (χ0v) is 21.5. The molecule has 0 heterocycles. The molecule has 0 unspecified atom stereocenters. The summed E-state index contributed by atoms with van der Waals surface area (Å²) in [6.07, 6.45) is 7.56. The monoisotopic (exact) mass is 418 g/mol. The van der Waals surface area contributed by atoms with Gasteiger partial charge >= 0.3 is 0 Å². The zero-order chi connectivity index (χ0) is 23.8. The summed E-state index contributed by atoms with van der Waals surface area (Å²) < 4.78 is 0. The highest BCUT2D eigenvalue weighted by Crippen LogP contribution is 2.19. The van der Waals surface area contributed by atoms with Crippen molar-refractivity contribution in [1.82, 2.24) is 9.80 Å². The lowest BCUT2D eigenvalue weighted by molar-refractivity contribution is -0.132. The first-order chi connectivity index (χ1) is 13.7. The van der Waals surface area contributed by atoms with E-state index in [1.165, 1.54) is 0 Å². The minimum atomic E-state index is 0.0783. The molecule has 0 aliphatic carbocycles. The van der Waals surface area contributed by atoms with Gasteiger partial charge in [-0.25, -0.2) is 0 Å². The quantitative estimate of drug-likeness (QED) is 0.322. The van der Waals surface area contributed by atoms with Gasteiger partial charge in [0.2, 0.25) is 11.8 Å². The molecule has 172 valence electrons. The molecule has 4 heteroatoms. The van der Waals surface area contributed by atoms with E-state index < -0.39 is 0 Å². The highest BCUT2D eigenvalue weighted by atomic mass is 16.2. The number of rotatable bonds is 10. The first kappa shape index (κ1) is 28.2. The van der Waals surface area contributed by atoms with Gasteiger partial charge in [-0.2, -0.15) is 0 Å². The average Bonchev–Trinajstić information content (AvgIpc) is 2.55. The lowest BCUT2D eigenvalue weighted by Crippen LogP contribution is -2.43. The highest BCUT2D eigenvalue weighted by molar-refractivity contribution is 5.95. The van der Waals surface area contributed by atoms with Gasteiger partial charge in [0, 0.05) is 35.3 Å². The predicted octanol–water partition coefficient (Wildman–Crippen LogP) is 6.00. The van der Waals surface area contributed by atoms with Crippen LogP contribution in [0.1, 0.15) is 83.1 Å². The van der Waals surface area contributed by atoms with Crippen LogP contribution in [0.4, 0.5) is 0 Å². The van der Waals surface area contributed by atoms with Crippen molar-refractivity contribution in [1.29, 1.82) is 0 Å². The van der Waals surface area contributed by atoms with Crippen molar-refractivity contribution < 1.29 is 9.59 Å². The molecule has 0 saturated carbocycles. The molecule has 0 fully saturated rings. The summed E-state index contributed by atoms with van der Waals surface area (Å²) in [7, 11) is 0. The van der Waals surface area contributed by atoms with Crippen molar-refractivity contribution in [2.45, 2.75) is 107 Å². The van der Waals surface area contributed by atoms with E-state index in [-0.39, 0.29) is 47.8 Å². The third-order valence-electron chi connectivity index (χ3n) is 5.09. The number of carbonyl (C=O) groups excluding carboxylic acids is 2. The standard InChI is InChI=1S/C26H46N2O2/c1-17(2)23(25(29)27(19(5)6)20(7)8)15-13-14-16-24(18(3)4)26(30)28(21(9)10)22(11)12/h13-22H,1-12H3/b14-13+,23-15+,24-16+.